The van der Waals surface area contributed by atoms with Crippen molar-refractivity contribution in [3.05, 3.63) is 59.5 Å². The van der Waals surface area contributed by atoms with Crippen LogP contribution in [-0.2, 0) is 4.79 Å². The van der Waals surface area contributed by atoms with Crippen LogP contribution in [0.15, 0.2) is 46.9 Å². The van der Waals surface area contributed by atoms with Gasteiger partial charge < -0.3 is 15.1 Å². The van der Waals surface area contributed by atoms with Crippen LogP contribution >= 0.6 is 0 Å². The molecule has 0 spiro atoms. The van der Waals surface area contributed by atoms with E-state index in [4.69, 9.17) is 4.42 Å². The second kappa shape index (κ2) is 6.54. The summed E-state index contributed by atoms with van der Waals surface area (Å²) in [6, 6.07) is 12.4. The fourth-order valence-corrected chi connectivity index (χ4v) is 2.29. The fraction of sp³-hybridized carbons (Fsp3) is 0.167. The average molecular weight is 323 g/mol. The Morgan fingerprint density at radius 2 is 1.83 bits per heavy atom. The molecule has 2 aromatic carbocycles. The molecule has 1 aromatic heterocycles. The lowest BCUT2D eigenvalue weighted by Gasteiger charge is -2.07. The van der Waals surface area contributed by atoms with E-state index in [1.165, 1.54) is 0 Å². The Hall–Kier alpha value is -3.15. The van der Waals surface area contributed by atoms with Gasteiger partial charge in [-0.05, 0) is 37.3 Å². The molecule has 2 amide bonds. The van der Waals surface area contributed by atoms with Crippen LogP contribution in [0.25, 0.3) is 11.1 Å². The molecule has 3 rings (SSSR count). The van der Waals surface area contributed by atoms with Gasteiger partial charge in [0, 0.05) is 18.2 Å². The van der Waals surface area contributed by atoms with Gasteiger partial charge in [0.1, 0.15) is 5.52 Å². The van der Waals surface area contributed by atoms with Crippen molar-refractivity contribution in [3.63, 3.8) is 0 Å². The maximum Gasteiger partial charge on any atom is 0.251 e. The number of rotatable bonds is 4. The lowest BCUT2D eigenvalue weighted by Crippen LogP contribution is -2.32. The molecule has 1 heterocycles. The first-order valence-corrected chi connectivity index (χ1v) is 7.53. The Morgan fingerprint density at radius 3 is 2.58 bits per heavy atom. The highest BCUT2D eigenvalue weighted by molar-refractivity contribution is 5.99. The molecule has 0 fully saturated rings. The fourth-order valence-electron chi connectivity index (χ4n) is 2.29. The number of hydrogen-bond donors (Lipinski definition) is 2. The van der Waals surface area contributed by atoms with Crippen molar-refractivity contribution in [2.45, 2.75) is 13.8 Å². The molecule has 6 nitrogen and oxygen atoms in total. The van der Waals surface area contributed by atoms with Crippen LogP contribution < -0.4 is 10.6 Å². The van der Waals surface area contributed by atoms with Crippen LogP contribution in [0.4, 0.5) is 5.69 Å². The van der Waals surface area contributed by atoms with Crippen LogP contribution in [0.1, 0.15) is 21.8 Å². The Labute approximate surface area is 138 Å². The van der Waals surface area contributed by atoms with Crippen molar-refractivity contribution < 1.29 is 14.0 Å². The summed E-state index contributed by atoms with van der Waals surface area (Å²) < 4.78 is 5.38. The third-order valence-corrected chi connectivity index (χ3v) is 3.50. The highest BCUT2D eigenvalue weighted by Crippen LogP contribution is 2.19. The van der Waals surface area contributed by atoms with Gasteiger partial charge in [-0.1, -0.05) is 17.7 Å². The summed E-state index contributed by atoms with van der Waals surface area (Å²) in [4.78, 5) is 28.2. The summed E-state index contributed by atoms with van der Waals surface area (Å²) in [5.74, 6) is -0.0263. The molecule has 0 saturated carbocycles. The molecule has 0 atom stereocenters. The van der Waals surface area contributed by atoms with E-state index in [-0.39, 0.29) is 18.4 Å². The predicted molar refractivity (Wildman–Crippen MR) is 90.9 cm³/mol. The van der Waals surface area contributed by atoms with Gasteiger partial charge in [-0.25, -0.2) is 4.98 Å². The molecule has 0 bridgehead atoms. The first kappa shape index (κ1) is 15.7. The van der Waals surface area contributed by atoms with Gasteiger partial charge in [0.25, 0.3) is 5.91 Å². The normalized spacial score (nSPS) is 10.6. The van der Waals surface area contributed by atoms with E-state index in [0.717, 1.165) is 5.56 Å². The van der Waals surface area contributed by atoms with Crippen molar-refractivity contribution in [1.29, 1.82) is 0 Å². The number of carbonyl (C=O) groups is 2. The summed E-state index contributed by atoms with van der Waals surface area (Å²) in [6.07, 6.45) is 0. The first-order valence-electron chi connectivity index (χ1n) is 7.53. The average Bonchev–Trinajstić information content (AvgIpc) is 2.92. The third-order valence-electron chi connectivity index (χ3n) is 3.50. The van der Waals surface area contributed by atoms with Gasteiger partial charge in [0.05, 0.1) is 6.54 Å². The highest BCUT2D eigenvalue weighted by atomic mass is 16.3. The quantitative estimate of drug-likeness (QED) is 0.773. The van der Waals surface area contributed by atoms with E-state index in [0.29, 0.717) is 28.2 Å². The number of aromatic nitrogens is 1. The molecule has 0 aliphatic carbocycles. The zero-order chi connectivity index (χ0) is 17.1. The van der Waals surface area contributed by atoms with Crippen molar-refractivity contribution in [3.8, 4) is 0 Å². The highest BCUT2D eigenvalue weighted by Gasteiger charge is 2.09. The zero-order valence-corrected chi connectivity index (χ0v) is 13.4. The number of benzene rings is 2. The van der Waals surface area contributed by atoms with Gasteiger partial charge >= 0.3 is 0 Å². The molecule has 0 unspecified atom stereocenters. The summed E-state index contributed by atoms with van der Waals surface area (Å²) in [7, 11) is 0. The Morgan fingerprint density at radius 1 is 1.08 bits per heavy atom. The number of aryl methyl sites for hydroxylation is 2. The van der Waals surface area contributed by atoms with Crippen molar-refractivity contribution in [1.82, 2.24) is 10.3 Å². The number of fused-ring (bicyclic) bond motifs is 1. The molecule has 122 valence electrons. The number of oxazole rings is 1. The molecule has 0 radical (unpaired) electrons. The topological polar surface area (TPSA) is 84.2 Å². The van der Waals surface area contributed by atoms with Gasteiger partial charge in [0.15, 0.2) is 11.5 Å². The second-order valence-corrected chi connectivity index (χ2v) is 5.51. The minimum absolute atomic E-state index is 0.109. The third kappa shape index (κ3) is 3.60. The molecule has 0 saturated heterocycles. The van der Waals surface area contributed by atoms with E-state index in [1.54, 1.807) is 37.3 Å². The monoisotopic (exact) mass is 323 g/mol. The van der Waals surface area contributed by atoms with Crippen LogP contribution in [0.2, 0.25) is 0 Å². The van der Waals surface area contributed by atoms with Crippen molar-refractivity contribution >= 4 is 28.6 Å². The first-order chi connectivity index (χ1) is 11.5. The van der Waals surface area contributed by atoms with E-state index in [2.05, 4.69) is 15.6 Å². The van der Waals surface area contributed by atoms with Crippen LogP contribution in [-0.4, -0.2) is 23.3 Å². The minimum atomic E-state index is -0.310. The molecule has 24 heavy (non-hydrogen) atoms. The van der Waals surface area contributed by atoms with Crippen LogP contribution in [0.3, 0.4) is 0 Å². The van der Waals surface area contributed by atoms with Crippen LogP contribution in [0.5, 0.6) is 0 Å². The predicted octanol–water partition coefficient (Wildman–Crippen LogP) is 2.81. The second-order valence-electron chi connectivity index (χ2n) is 5.51. The maximum absolute atomic E-state index is 12.0. The van der Waals surface area contributed by atoms with Crippen LogP contribution in [0, 0.1) is 13.8 Å². The molecular formula is C18H17N3O3. The Balaban J connectivity index is 1.58. The minimum Gasteiger partial charge on any atom is -0.441 e. The van der Waals surface area contributed by atoms with E-state index in [9.17, 15) is 9.59 Å². The molecule has 0 aliphatic rings. The smallest absolute Gasteiger partial charge is 0.251 e. The Bertz CT molecular complexity index is 898. The summed E-state index contributed by atoms with van der Waals surface area (Å²) in [5, 5.41) is 5.32. The maximum atomic E-state index is 12.0. The number of hydrogen-bond acceptors (Lipinski definition) is 4. The number of carbonyl (C=O) groups excluding carboxylic acids is 2. The van der Waals surface area contributed by atoms with Gasteiger partial charge in [-0.15, -0.1) is 0 Å². The van der Waals surface area contributed by atoms with E-state index in [1.807, 2.05) is 19.1 Å². The SMILES string of the molecule is Cc1ccc(C(=O)NCC(=O)Nc2ccc3oc(C)nc3c2)cc1. The largest absolute Gasteiger partial charge is 0.441 e. The molecule has 6 heteroatoms. The lowest BCUT2D eigenvalue weighted by atomic mass is 10.1. The summed E-state index contributed by atoms with van der Waals surface area (Å²) >= 11 is 0. The zero-order valence-electron chi connectivity index (χ0n) is 13.4. The van der Waals surface area contributed by atoms with Gasteiger partial charge in [-0.2, -0.15) is 0 Å². The molecule has 0 aliphatic heterocycles. The number of nitrogens with one attached hydrogen (secondary N) is 2. The summed E-state index contributed by atoms with van der Waals surface area (Å²) in [6.45, 7) is 3.60. The van der Waals surface area contributed by atoms with E-state index < -0.39 is 0 Å². The molecule has 2 N–H and O–H groups in total. The number of anilines is 1. The molecular weight excluding hydrogens is 306 g/mol. The van der Waals surface area contributed by atoms with Crippen molar-refractivity contribution in [2.24, 2.45) is 0 Å². The standard InChI is InChI=1S/C18H17N3O3/c1-11-3-5-13(6-4-11)18(23)19-10-17(22)21-14-7-8-16-15(9-14)20-12(2)24-16/h3-9H,10H2,1-2H3,(H,19,23)(H,21,22). The summed E-state index contributed by atoms with van der Waals surface area (Å²) in [5.41, 5.74) is 3.54. The van der Waals surface area contributed by atoms with E-state index >= 15 is 0 Å². The molecule has 3 aromatic rings. The number of nitrogens with zero attached hydrogens (tertiary/aromatic N) is 1. The van der Waals surface area contributed by atoms with Gasteiger partial charge in [-0.3, -0.25) is 9.59 Å². The van der Waals surface area contributed by atoms with Gasteiger partial charge in [0.2, 0.25) is 5.91 Å². The Kier molecular flexibility index (Phi) is 4.29. The lowest BCUT2D eigenvalue weighted by molar-refractivity contribution is -0.115. The number of amides is 2. The van der Waals surface area contributed by atoms with Crippen molar-refractivity contribution in [2.75, 3.05) is 11.9 Å².